The summed E-state index contributed by atoms with van der Waals surface area (Å²) in [6, 6.07) is 10.4. The molecule has 2 aromatic carbocycles. The predicted molar refractivity (Wildman–Crippen MR) is 136 cm³/mol. The van der Waals surface area contributed by atoms with Gasteiger partial charge in [0.2, 0.25) is 0 Å². The summed E-state index contributed by atoms with van der Waals surface area (Å²) in [5.41, 5.74) is 2.13. The van der Waals surface area contributed by atoms with Crippen LogP contribution < -0.4 is 19.5 Å². The van der Waals surface area contributed by atoms with Crippen LogP contribution >= 0.6 is 0 Å². The number of aromatic nitrogens is 2. The van der Waals surface area contributed by atoms with Crippen molar-refractivity contribution in [2.75, 3.05) is 19.7 Å². The fourth-order valence-electron chi connectivity index (χ4n) is 4.69. The van der Waals surface area contributed by atoms with Crippen LogP contribution in [0.5, 0.6) is 23.0 Å². The molecule has 8 nitrogen and oxygen atoms in total. The number of aryl methyl sites for hydroxylation is 1. The maximum Gasteiger partial charge on any atom is 0.415 e. The predicted octanol–water partition coefficient (Wildman–Crippen LogP) is 5.54. The Morgan fingerprint density at radius 2 is 1.83 bits per heavy atom. The highest BCUT2D eigenvalue weighted by Crippen LogP contribution is 2.39. The fourth-order valence-corrected chi connectivity index (χ4v) is 4.69. The van der Waals surface area contributed by atoms with Crippen molar-refractivity contribution in [2.24, 2.45) is 0 Å². The zero-order valence-corrected chi connectivity index (χ0v) is 20.7. The summed E-state index contributed by atoms with van der Waals surface area (Å²) in [6.07, 6.45) is 1.13. The summed E-state index contributed by atoms with van der Waals surface area (Å²) in [4.78, 5) is 22.2. The van der Waals surface area contributed by atoms with Gasteiger partial charge in [0, 0.05) is 59.4 Å². The number of pyridine rings is 1. The number of H-pyrrole nitrogens is 1. The molecule has 36 heavy (non-hydrogen) atoms. The van der Waals surface area contributed by atoms with Crippen molar-refractivity contribution >= 4 is 27.9 Å². The van der Waals surface area contributed by atoms with Crippen molar-refractivity contribution in [3.63, 3.8) is 0 Å². The van der Waals surface area contributed by atoms with Gasteiger partial charge < -0.3 is 29.4 Å². The molecular weight excluding hydrogens is 463 g/mol. The van der Waals surface area contributed by atoms with Gasteiger partial charge in [-0.3, -0.25) is 4.98 Å². The van der Waals surface area contributed by atoms with Gasteiger partial charge in [-0.15, -0.1) is 0 Å². The third kappa shape index (κ3) is 4.66. The Morgan fingerprint density at radius 3 is 2.58 bits per heavy atom. The van der Waals surface area contributed by atoms with Gasteiger partial charge in [0.1, 0.15) is 5.75 Å². The molecule has 3 heterocycles. The second kappa shape index (κ2) is 9.66. The molecule has 0 saturated carbocycles. The monoisotopic (exact) mass is 492 g/mol. The maximum absolute atomic E-state index is 15.2. The minimum absolute atomic E-state index is 0.0882. The molecule has 5 rings (SSSR count). The van der Waals surface area contributed by atoms with Crippen LogP contribution in [0.2, 0.25) is 0 Å². The Kier molecular flexibility index (Phi) is 6.40. The number of rotatable bonds is 5. The van der Waals surface area contributed by atoms with E-state index in [1.807, 2.05) is 27.7 Å². The first-order valence-corrected chi connectivity index (χ1v) is 12.1. The van der Waals surface area contributed by atoms with Gasteiger partial charge in [-0.1, -0.05) is 0 Å². The third-order valence-electron chi connectivity index (χ3n) is 6.14. The third-order valence-corrected chi connectivity index (χ3v) is 6.14. The number of fused-ring (bicyclic) bond motifs is 2. The quantitative estimate of drug-likeness (QED) is 0.381. The van der Waals surface area contributed by atoms with E-state index >= 15 is 4.39 Å². The number of carbonyl (C=O) groups is 1. The smallest absolute Gasteiger partial charge is 0.415 e. The molecule has 9 heteroatoms. The maximum atomic E-state index is 15.2. The molecule has 1 aliphatic heterocycles. The molecule has 1 amide bonds. The Hall–Kier alpha value is -3.85. The van der Waals surface area contributed by atoms with Crippen molar-refractivity contribution in [3.8, 4) is 23.0 Å². The van der Waals surface area contributed by atoms with Crippen LogP contribution in [0.1, 0.15) is 26.5 Å². The molecule has 1 saturated heterocycles. The summed E-state index contributed by atoms with van der Waals surface area (Å²) in [6.45, 7) is 9.24. The van der Waals surface area contributed by atoms with Crippen LogP contribution in [0.15, 0.2) is 42.6 Å². The molecule has 2 N–H and O–H groups in total. The number of halogens is 1. The molecule has 0 bridgehead atoms. The zero-order valence-electron chi connectivity index (χ0n) is 20.7. The lowest BCUT2D eigenvalue weighted by atomic mass is 10.1. The molecule has 1 fully saturated rings. The van der Waals surface area contributed by atoms with Crippen molar-refractivity contribution in [1.29, 1.82) is 0 Å². The molecule has 0 radical (unpaired) electrons. The van der Waals surface area contributed by atoms with Crippen molar-refractivity contribution in [3.05, 3.63) is 54.1 Å². The SMILES string of the molecule is CCOc1cc2nccc(Oc3ccc4[nH]c(C)cc4c3F)c2cc1OC(=O)N1C[C@@H](C)N[C@@H](C)C1. The first-order valence-electron chi connectivity index (χ1n) is 12.1. The van der Waals surface area contributed by atoms with E-state index in [2.05, 4.69) is 15.3 Å². The van der Waals surface area contributed by atoms with Gasteiger partial charge in [-0.2, -0.15) is 0 Å². The molecule has 4 aromatic rings. The summed E-state index contributed by atoms with van der Waals surface area (Å²) in [5.74, 6) is 0.666. The van der Waals surface area contributed by atoms with Gasteiger partial charge in [0.15, 0.2) is 23.1 Å². The van der Waals surface area contributed by atoms with E-state index in [9.17, 15) is 4.79 Å². The zero-order chi connectivity index (χ0) is 25.4. The summed E-state index contributed by atoms with van der Waals surface area (Å²) in [7, 11) is 0. The Labute approximate surface area is 208 Å². The van der Waals surface area contributed by atoms with Gasteiger partial charge >= 0.3 is 6.09 Å². The molecule has 2 atom stereocenters. The normalized spacial score (nSPS) is 18.0. The molecule has 188 valence electrons. The largest absolute Gasteiger partial charge is 0.490 e. The van der Waals surface area contributed by atoms with Crippen molar-refractivity contribution < 1.29 is 23.4 Å². The first kappa shape index (κ1) is 23.9. The van der Waals surface area contributed by atoms with Crippen LogP contribution in [0.25, 0.3) is 21.8 Å². The number of nitrogens with zero attached hydrogens (tertiary/aromatic N) is 2. The second-order valence-electron chi connectivity index (χ2n) is 9.19. The number of carbonyl (C=O) groups excluding carboxylic acids is 1. The lowest BCUT2D eigenvalue weighted by Gasteiger charge is -2.35. The van der Waals surface area contributed by atoms with E-state index in [1.165, 1.54) is 0 Å². The highest BCUT2D eigenvalue weighted by molar-refractivity contribution is 5.89. The average molecular weight is 493 g/mol. The lowest BCUT2D eigenvalue weighted by Crippen LogP contribution is -2.56. The molecule has 2 aromatic heterocycles. The lowest BCUT2D eigenvalue weighted by molar-refractivity contribution is 0.125. The van der Waals surface area contributed by atoms with E-state index in [0.717, 1.165) is 5.69 Å². The molecule has 0 spiro atoms. The number of benzene rings is 2. The first-order chi connectivity index (χ1) is 17.3. The second-order valence-corrected chi connectivity index (χ2v) is 9.19. The Bertz CT molecular complexity index is 1430. The molecular formula is C27H29FN4O4. The molecule has 0 unspecified atom stereocenters. The van der Waals surface area contributed by atoms with Gasteiger partial charge in [-0.25, -0.2) is 9.18 Å². The molecule has 0 aliphatic carbocycles. The van der Waals surface area contributed by atoms with Crippen LogP contribution in [0, 0.1) is 12.7 Å². The Balaban J connectivity index is 1.50. The number of hydrogen-bond donors (Lipinski definition) is 2. The Morgan fingerprint density at radius 1 is 1.06 bits per heavy atom. The van der Waals surface area contributed by atoms with E-state index in [-0.39, 0.29) is 23.6 Å². The van der Waals surface area contributed by atoms with Crippen LogP contribution in [-0.4, -0.2) is 52.7 Å². The number of amides is 1. The van der Waals surface area contributed by atoms with Gasteiger partial charge in [-0.05, 0) is 58.0 Å². The number of aromatic amines is 1. The van der Waals surface area contributed by atoms with Crippen molar-refractivity contribution in [1.82, 2.24) is 20.2 Å². The van der Waals surface area contributed by atoms with E-state index in [4.69, 9.17) is 14.2 Å². The number of piperazine rings is 1. The highest BCUT2D eigenvalue weighted by Gasteiger charge is 2.27. The van der Waals surface area contributed by atoms with Crippen LogP contribution in [-0.2, 0) is 0 Å². The minimum Gasteiger partial charge on any atom is -0.490 e. The van der Waals surface area contributed by atoms with Gasteiger partial charge in [0.25, 0.3) is 0 Å². The van der Waals surface area contributed by atoms with E-state index in [1.54, 1.807) is 47.5 Å². The van der Waals surface area contributed by atoms with Gasteiger partial charge in [0.05, 0.1) is 12.1 Å². The standard InChI is InChI=1S/C27H29FN4O4/c1-5-34-24-12-21-18(11-25(24)36-27(33)32-13-16(3)30-17(4)14-32)22(8-9-29-21)35-23-7-6-20-19(26(23)28)10-15(2)31-20/h6-12,16-17,30-31H,5,13-14H2,1-4H3/t16-,17+. The number of nitrogens with one attached hydrogen (secondary N) is 2. The van der Waals surface area contributed by atoms with Crippen molar-refractivity contribution in [2.45, 2.75) is 39.8 Å². The fraction of sp³-hybridized carbons (Fsp3) is 0.333. The number of ether oxygens (including phenoxy) is 3. The van der Waals surface area contributed by atoms with Crippen LogP contribution in [0.3, 0.4) is 0 Å². The van der Waals surface area contributed by atoms with E-state index < -0.39 is 11.9 Å². The highest BCUT2D eigenvalue weighted by atomic mass is 19.1. The van der Waals surface area contributed by atoms with Crippen LogP contribution in [0.4, 0.5) is 9.18 Å². The molecule has 1 aliphatic rings. The summed E-state index contributed by atoms with van der Waals surface area (Å²) >= 11 is 0. The topological polar surface area (TPSA) is 88.7 Å². The number of hydrogen-bond acceptors (Lipinski definition) is 6. The summed E-state index contributed by atoms with van der Waals surface area (Å²) < 4.78 is 32.8. The summed E-state index contributed by atoms with van der Waals surface area (Å²) in [5, 5.41) is 4.42. The minimum atomic E-state index is -0.457. The van der Waals surface area contributed by atoms with E-state index in [0.29, 0.717) is 53.0 Å². The average Bonchev–Trinajstić information content (AvgIpc) is 3.22.